The molecular weight excluding hydrogens is 398 g/mol. The molecule has 0 radical (unpaired) electrons. The van der Waals surface area contributed by atoms with Crippen LogP contribution in [-0.2, 0) is 24.4 Å². The van der Waals surface area contributed by atoms with E-state index in [0.717, 1.165) is 22.0 Å². The number of hydrogen-bond donors (Lipinski definition) is 1. The number of carbonyl (C=O) groups excluding carboxylic acids is 2. The summed E-state index contributed by atoms with van der Waals surface area (Å²) >= 11 is 0. The smallest absolute Gasteiger partial charge is 0.271 e. The highest BCUT2D eigenvalue weighted by Gasteiger charge is 2.34. The molecule has 0 unspecified atom stereocenters. The fraction of sp³-hybridized carbons (Fsp3) is 0.185. The molecule has 5 rings (SSSR count). The first-order valence-corrected chi connectivity index (χ1v) is 10.9. The number of rotatable bonds is 6. The van der Waals surface area contributed by atoms with Crippen molar-refractivity contribution in [3.8, 4) is 0 Å². The average molecular weight is 424 g/mol. The third kappa shape index (κ3) is 4.02. The van der Waals surface area contributed by atoms with Gasteiger partial charge in [-0.05, 0) is 23.3 Å². The zero-order valence-electron chi connectivity index (χ0n) is 17.8. The second-order valence-electron chi connectivity index (χ2n) is 8.24. The van der Waals surface area contributed by atoms with Gasteiger partial charge in [-0.1, -0.05) is 78.9 Å². The summed E-state index contributed by atoms with van der Waals surface area (Å²) in [5.74, 6) is -0.0817. The number of hydrogen-bond acceptors (Lipinski definition) is 2. The molecule has 0 saturated heterocycles. The van der Waals surface area contributed by atoms with Gasteiger partial charge < -0.3 is 14.8 Å². The zero-order valence-corrected chi connectivity index (χ0v) is 17.8. The Morgan fingerprint density at radius 2 is 1.53 bits per heavy atom. The van der Waals surface area contributed by atoms with Crippen molar-refractivity contribution in [3.05, 3.63) is 108 Å². The number of nitrogens with one attached hydrogen (secondary N) is 1. The molecule has 1 aliphatic rings. The Balaban J connectivity index is 1.41. The Hall–Kier alpha value is -3.86. The highest BCUT2D eigenvalue weighted by atomic mass is 16.2. The van der Waals surface area contributed by atoms with Crippen LogP contribution in [-0.4, -0.2) is 27.3 Å². The van der Waals surface area contributed by atoms with Gasteiger partial charge in [-0.2, -0.15) is 0 Å². The minimum atomic E-state index is -0.221. The van der Waals surface area contributed by atoms with Crippen molar-refractivity contribution in [2.24, 2.45) is 0 Å². The summed E-state index contributed by atoms with van der Waals surface area (Å²) in [7, 11) is 0. The summed E-state index contributed by atoms with van der Waals surface area (Å²) in [5.41, 5.74) is 3.83. The summed E-state index contributed by atoms with van der Waals surface area (Å²) in [5, 5.41) is 4.06. The molecule has 5 heteroatoms. The van der Waals surface area contributed by atoms with Crippen molar-refractivity contribution in [2.45, 2.75) is 32.1 Å². The Bertz CT molecular complexity index is 1250. The molecule has 32 heavy (non-hydrogen) atoms. The first kappa shape index (κ1) is 20.1. The number of benzene rings is 3. The Kier molecular flexibility index (Phi) is 5.46. The van der Waals surface area contributed by atoms with Gasteiger partial charge in [-0.3, -0.25) is 9.59 Å². The average Bonchev–Trinajstić information content (AvgIpc) is 3.20. The van der Waals surface area contributed by atoms with Gasteiger partial charge in [0.15, 0.2) is 0 Å². The van der Waals surface area contributed by atoms with Crippen molar-refractivity contribution in [3.63, 3.8) is 0 Å². The lowest BCUT2D eigenvalue weighted by molar-refractivity contribution is -0.122. The molecule has 0 fully saturated rings. The van der Waals surface area contributed by atoms with E-state index in [1.165, 1.54) is 0 Å². The van der Waals surface area contributed by atoms with Crippen LogP contribution < -0.4 is 5.32 Å². The van der Waals surface area contributed by atoms with Gasteiger partial charge in [-0.25, -0.2) is 0 Å². The first-order valence-electron chi connectivity index (χ1n) is 10.9. The Morgan fingerprint density at radius 3 is 2.28 bits per heavy atom. The molecule has 1 aromatic heterocycles. The van der Waals surface area contributed by atoms with Gasteiger partial charge >= 0.3 is 0 Å². The number of amides is 2. The predicted octanol–water partition coefficient (Wildman–Crippen LogP) is 4.37. The molecule has 160 valence electrons. The highest BCUT2D eigenvalue weighted by Crippen LogP contribution is 2.29. The van der Waals surface area contributed by atoms with E-state index in [2.05, 4.69) is 9.88 Å². The van der Waals surface area contributed by atoms with Crippen molar-refractivity contribution < 1.29 is 9.59 Å². The van der Waals surface area contributed by atoms with Gasteiger partial charge in [0, 0.05) is 37.0 Å². The standard InChI is InChI=1S/C27H25N3O2/c31-26(28-17-20-9-3-1-4-10-20)16-23-19-30-24-14-8-7-13-22(24)15-25(30)27(32)29(23)18-21-11-5-2-6-12-21/h1-15,23H,16-19H2,(H,28,31)/t23-/m0/s1. The third-order valence-corrected chi connectivity index (χ3v) is 6.07. The van der Waals surface area contributed by atoms with Crippen LogP contribution in [0.2, 0.25) is 0 Å². The van der Waals surface area contributed by atoms with Crippen LogP contribution in [0.5, 0.6) is 0 Å². The molecule has 1 aliphatic heterocycles. The minimum absolute atomic E-state index is 0.0304. The van der Waals surface area contributed by atoms with E-state index in [-0.39, 0.29) is 24.3 Å². The van der Waals surface area contributed by atoms with Crippen LogP contribution in [0.3, 0.4) is 0 Å². The monoisotopic (exact) mass is 423 g/mol. The molecule has 2 amide bonds. The van der Waals surface area contributed by atoms with Crippen LogP contribution in [0.15, 0.2) is 91.0 Å². The minimum Gasteiger partial charge on any atom is -0.352 e. The van der Waals surface area contributed by atoms with Crippen LogP contribution in [0.4, 0.5) is 0 Å². The van der Waals surface area contributed by atoms with E-state index in [4.69, 9.17) is 0 Å². The highest BCUT2D eigenvalue weighted by molar-refractivity contribution is 6.00. The quantitative estimate of drug-likeness (QED) is 0.501. The summed E-state index contributed by atoms with van der Waals surface area (Å²) in [6.07, 6.45) is 0.261. The summed E-state index contributed by atoms with van der Waals surface area (Å²) < 4.78 is 2.06. The molecule has 3 aromatic carbocycles. The molecule has 0 bridgehead atoms. The van der Waals surface area contributed by atoms with E-state index in [1.807, 2.05) is 95.9 Å². The second kappa shape index (κ2) is 8.71. The van der Waals surface area contributed by atoms with Crippen LogP contribution in [0.1, 0.15) is 28.0 Å². The lowest BCUT2D eigenvalue weighted by Crippen LogP contribution is -2.49. The van der Waals surface area contributed by atoms with Gasteiger partial charge in [0.2, 0.25) is 5.91 Å². The first-order chi connectivity index (χ1) is 15.7. The lowest BCUT2D eigenvalue weighted by atomic mass is 10.1. The fourth-order valence-corrected chi connectivity index (χ4v) is 4.44. The maximum absolute atomic E-state index is 13.5. The molecule has 0 aliphatic carbocycles. The molecule has 1 atom stereocenters. The van der Waals surface area contributed by atoms with Gasteiger partial charge in [0.25, 0.3) is 5.91 Å². The van der Waals surface area contributed by atoms with E-state index in [0.29, 0.717) is 25.3 Å². The van der Waals surface area contributed by atoms with Gasteiger partial charge in [-0.15, -0.1) is 0 Å². The maximum Gasteiger partial charge on any atom is 0.271 e. The van der Waals surface area contributed by atoms with Crippen molar-refractivity contribution >= 4 is 22.7 Å². The number of nitrogens with zero attached hydrogens (tertiary/aromatic N) is 2. The molecule has 0 spiro atoms. The number of carbonyl (C=O) groups is 2. The van der Waals surface area contributed by atoms with Gasteiger partial charge in [0.1, 0.15) is 5.69 Å². The topological polar surface area (TPSA) is 54.3 Å². The summed E-state index contributed by atoms with van der Waals surface area (Å²) in [6.45, 7) is 1.56. The van der Waals surface area contributed by atoms with Crippen LogP contribution in [0.25, 0.3) is 10.9 Å². The molecule has 4 aromatic rings. The third-order valence-electron chi connectivity index (χ3n) is 6.07. The number of aromatic nitrogens is 1. The SMILES string of the molecule is O=C(C[C@H]1Cn2c(cc3ccccc32)C(=O)N1Cc1ccccc1)NCc1ccccc1. The van der Waals surface area contributed by atoms with E-state index in [1.54, 1.807) is 0 Å². The Morgan fingerprint density at radius 1 is 0.875 bits per heavy atom. The lowest BCUT2D eigenvalue weighted by Gasteiger charge is -2.36. The van der Waals surface area contributed by atoms with E-state index >= 15 is 0 Å². The van der Waals surface area contributed by atoms with Crippen molar-refractivity contribution in [1.82, 2.24) is 14.8 Å². The number of para-hydroxylation sites is 1. The summed E-state index contributed by atoms with van der Waals surface area (Å²) in [4.78, 5) is 28.2. The molecule has 5 nitrogen and oxygen atoms in total. The predicted molar refractivity (Wildman–Crippen MR) is 125 cm³/mol. The van der Waals surface area contributed by atoms with E-state index < -0.39 is 0 Å². The van der Waals surface area contributed by atoms with Crippen LogP contribution >= 0.6 is 0 Å². The molecule has 1 N–H and O–H groups in total. The Labute approximate surface area is 187 Å². The number of fused-ring (bicyclic) bond motifs is 3. The second-order valence-corrected chi connectivity index (χ2v) is 8.24. The van der Waals surface area contributed by atoms with Gasteiger partial charge in [0.05, 0.1) is 6.04 Å². The molecular formula is C27H25N3O2. The van der Waals surface area contributed by atoms with Crippen molar-refractivity contribution in [1.29, 1.82) is 0 Å². The maximum atomic E-state index is 13.5. The normalized spacial score (nSPS) is 15.6. The largest absolute Gasteiger partial charge is 0.352 e. The van der Waals surface area contributed by atoms with Crippen molar-refractivity contribution in [2.75, 3.05) is 0 Å². The van der Waals surface area contributed by atoms with E-state index in [9.17, 15) is 9.59 Å². The molecule has 2 heterocycles. The molecule has 0 saturated carbocycles. The summed E-state index contributed by atoms with van der Waals surface area (Å²) in [6, 6.07) is 29.6. The van der Waals surface area contributed by atoms with Crippen LogP contribution in [0, 0.1) is 0 Å². The fourth-order valence-electron chi connectivity index (χ4n) is 4.44. The zero-order chi connectivity index (χ0) is 21.9.